The monoisotopic (exact) mass is 346 g/mol. The fourth-order valence-corrected chi connectivity index (χ4v) is 3.09. The van der Waals surface area contributed by atoms with Crippen molar-refractivity contribution < 1.29 is 4.79 Å². The van der Waals surface area contributed by atoms with Crippen molar-refractivity contribution in [1.82, 2.24) is 9.47 Å². The van der Waals surface area contributed by atoms with Gasteiger partial charge in [-0.2, -0.15) is 0 Å². The minimum atomic E-state index is 0.196. The Morgan fingerprint density at radius 1 is 1.53 bits per heavy atom. The van der Waals surface area contributed by atoms with Gasteiger partial charge in [-0.05, 0) is 61.8 Å². The van der Waals surface area contributed by atoms with Crippen LogP contribution in [0.1, 0.15) is 43.6 Å². The summed E-state index contributed by atoms with van der Waals surface area (Å²) < 4.78 is 3.18. The Bertz CT molecular complexity index is 414. The lowest BCUT2D eigenvalue weighted by Gasteiger charge is -2.33. The van der Waals surface area contributed by atoms with E-state index in [2.05, 4.69) is 36.4 Å². The Hall–Kier alpha value is -0.520. The number of aromatic nitrogens is 1. The number of carbonyl (C=O) groups excluding carboxylic acids is 1. The van der Waals surface area contributed by atoms with Gasteiger partial charge in [0.15, 0.2) is 0 Å². The molecule has 3 nitrogen and oxygen atoms in total. The minimum Gasteiger partial charge on any atom is -0.343 e. The van der Waals surface area contributed by atoms with E-state index in [-0.39, 0.29) is 5.91 Å². The van der Waals surface area contributed by atoms with Crippen molar-refractivity contribution in [2.45, 2.75) is 45.7 Å². The molecule has 0 N–H and O–H groups in total. The van der Waals surface area contributed by atoms with Crippen LogP contribution in [0, 0.1) is 3.57 Å². The Morgan fingerprint density at radius 2 is 2.29 bits per heavy atom. The molecular formula is C13H19IN2O. The molecule has 0 saturated carbocycles. The molecule has 1 saturated heterocycles. The molecule has 2 rings (SSSR count). The zero-order valence-corrected chi connectivity index (χ0v) is 12.6. The molecule has 2 heterocycles. The highest BCUT2D eigenvalue weighted by Gasteiger charge is 2.26. The maximum Gasteiger partial charge on any atom is 0.270 e. The minimum absolute atomic E-state index is 0.196. The largest absolute Gasteiger partial charge is 0.343 e. The number of hydrogen-bond donors (Lipinski definition) is 0. The Labute approximate surface area is 116 Å². The third-order valence-corrected chi connectivity index (χ3v) is 4.08. The van der Waals surface area contributed by atoms with Crippen LogP contribution in [0.15, 0.2) is 12.3 Å². The SMILES string of the molecule is CCn1cc(I)cc1C(=O)N1CCCCC1C. The normalized spacial score (nSPS) is 20.6. The number of carbonyl (C=O) groups is 1. The quantitative estimate of drug-likeness (QED) is 0.756. The van der Waals surface area contributed by atoms with E-state index < -0.39 is 0 Å². The zero-order chi connectivity index (χ0) is 12.4. The van der Waals surface area contributed by atoms with Crippen LogP contribution in [0.3, 0.4) is 0 Å². The molecule has 1 amide bonds. The van der Waals surface area contributed by atoms with Crippen LogP contribution in [0.5, 0.6) is 0 Å². The second-order valence-electron chi connectivity index (χ2n) is 4.67. The van der Waals surface area contributed by atoms with Gasteiger partial charge in [0, 0.05) is 28.9 Å². The molecule has 1 aliphatic rings. The van der Waals surface area contributed by atoms with Gasteiger partial charge < -0.3 is 9.47 Å². The van der Waals surface area contributed by atoms with Crippen molar-refractivity contribution in [1.29, 1.82) is 0 Å². The summed E-state index contributed by atoms with van der Waals surface area (Å²) in [5, 5.41) is 0. The number of rotatable bonds is 2. The second-order valence-corrected chi connectivity index (χ2v) is 5.92. The summed E-state index contributed by atoms with van der Waals surface area (Å²) in [6, 6.07) is 2.38. The van der Waals surface area contributed by atoms with Gasteiger partial charge in [0.2, 0.25) is 0 Å². The van der Waals surface area contributed by atoms with Gasteiger partial charge in [0.1, 0.15) is 5.69 Å². The summed E-state index contributed by atoms with van der Waals surface area (Å²) in [6.45, 7) is 5.99. The average molecular weight is 346 g/mol. The molecule has 0 spiro atoms. The first-order valence-electron chi connectivity index (χ1n) is 6.30. The summed E-state index contributed by atoms with van der Waals surface area (Å²) in [5.41, 5.74) is 0.839. The predicted molar refractivity (Wildman–Crippen MR) is 77.2 cm³/mol. The third kappa shape index (κ3) is 2.67. The van der Waals surface area contributed by atoms with Crippen LogP contribution < -0.4 is 0 Å². The molecule has 0 radical (unpaired) electrons. The highest BCUT2D eigenvalue weighted by molar-refractivity contribution is 14.1. The molecule has 4 heteroatoms. The molecular weight excluding hydrogens is 327 g/mol. The van der Waals surface area contributed by atoms with Crippen LogP contribution >= 0.6 is 22.6 Å². The van der Waals surface area contributed by atoms with Crippen molar-refractivity contribution in [2.75, 3.05) is 6.54 Å². The third-order valence-electron chi connectivity index (χ3n) is 3.49. The molecule has 17 heavy (non-hydrogen) atoms. The van der Waals surface area contributed by atoms with Crippen molar-refractivity contribution in [3.05, 3.63) is 21.5 Å². The van der Waals surface area contributed by atoms with Crippen molar-refractivity contribution >= 4 is 28.5 Å². The first-order chi connectivity index (χ1) is 8.13. The molecule has 1 atom stereocenters. The predicted octanol–water partition coefficient (Wildman–Crippen LogP) is 3.13. The molecule has 1 unspecified atom stereocenters. The molecule has 0 aliphatic carbocycles. The van der Waals surface area contributed by atoms with Gasteiger partial charge in [-0.15, -0.1) is 0 Å². The van der Waals surface area contributed by atoms with Crippen LogP contribution in [0.2, 0.25) is 0 Å². The number of amides is 1. The van der Waals surface area contributed by atoms with E-state index in [9.17, 15) is 4.79 Å². The van der Waals surface area contributed by atoms with E-state index in [1.54, 1.807) is 0 Å². The maximum atomic E-state index is 12.5. The lowest BCUT2D eigenvalue weighted by molar-refractivity contribution is 0.0624. The Balaban J connectivity index is 2.23. The van der Waals surface area contributed by atoms with Gasteiger partial charge in [0.25, 0.3) is 5.91 Å². The summed E-state index contributed by atoms with van der Waals surface area (Å²) >= 11 is 2.27. The van der Waals surface area contributed by atoms with Gasteiger partial charge in [0.05, 0.1) is 0 Å². The van der Waals surface area contributed by atoms with Crippen molar-refractivity contribution in [3.8, 4) is 0 Å². The van der Waals surface area contributed by atoms with E-state index in [0.29, 0.717) is 6.04 Å². The number of hydrogen-bond acceptors (Lipinski definition) is 1. The Kier molecular flexibility index (Phi) is 4.12. The lowest BCUT2D eigenvalue weighted by atomic mass is 10.0. The number of piperidine rings is 1. The molecule has 0 aromatic carbocycles. The first-order valence-corrected chi connectivity index (χ1v) is 7.38. The Morgan fingerprint density at radius 3 is 2.94 bits per heavy atom. The molecule has 94 valence electrons. The van der Waals surface area contributed by atoms with E-state index in [0.717, 1.165) is 35.2 Å². The van der Waals surface area contributed by atoms with E-state index in [1.807, 2.05) is 21.7 Å². The van der Waals surface area contributed by atoms with Crippen LogP contribution in [0.25, 0.3) is 0 Å². The highest BCUT2D eigenvalue weighted by Crippen LogP contribution is 2.21. The van der Waals surface area contributed by atoms with Gasteiger partial charge in [-0.25, -0.2) is 0 Å². The fraction of sp³-hybridized carbons (Fsp3) is 0.615. The molecule has 1 aromatic heterocycles. The zero-order valence-electron chi connectivity index (χ0n) is 10.4. The average Bonchev–Trinajstić information content (AvgIpc) is 2.70. The standard InChI is InChI=1S/C13H19IN2O/c1-3-15-9-11(14)8-12(15)13(17)16-7-5-4-6-10(16)2/h8-10H,3-7H2,1-2H3. The molecule has 0 bridgehead atoms. The maximum absolute atomic E-state index is 12.5. The van der Waals surface area contributed by atoms with E-state index in [4.69, 9.17) is 0 Å². The number of aryl methyl sites for hydroxylation is 1. The molecule has 1 aromatic rings. The van der Waals surface area contributed by atoms with E-state index in [1.165, 1.54) is 6.42 Å². The number of likely N-dealkylation sites (tertiary alicyclic amines) is 1. The smallest absolute Gasteiger partial charge is 0.270 e. The van der Waals surface area contributed by atoms with Gasteiger partial charge in [-0.1, -0.05) is 0 Å². The molecule has 1 aliphatic heterocycles. The first kappa shape index (κ1) is 12.9. The van der Waals surface area contributed by atoms with Crippen LogP contribution in [0.4, 0.5) is 0 Å². The van der Waals surface area contributed by atoms with E-state index >= 15 is 0 Å². The lowest BCUT2D eigenvalue weighted by Crippen LogP contribution is -2.42. The fourth-order valence-electron chi connectivity index (χ4n) is 2.46. The van der Waals surface area contributed by atoms with Crippen molar-refractivity contribution in [3.63, 3.8) is 0 Å². The van der Waals surface area contributed by atoms with Gasteiger partial charge in [-0.3, -0.25) is 4.79 Å². The number of halogens is 1. The van der Waals surface area contributed by atoms with Crippen LogP contribution in [-0.2, 0) is 6.54 Å². The summed E-state index contributed by atoms with van der Waals surface area (Å²) in [5.74, 6) is 0.196. The number of nitrogens with zero attached hydrogens (tertiary/aromatic N) is 2. The summed E-state index contributed by atoms with van der Waals surface area (Å²) in [6.07, 6.45) is 5.56. The summed E-state index contributed by atoms with van der Waals surface area (Å²) in [4.78, 5) is 14.5. The molecule has 1 fully saturated rings. The highest BCUT2D eigenvalue weighted by atomic mass is 127. The van der Waals surface area contributed by atoms with Crippen molar-refractivity contribution in [2.24, 2.45) is 0 Å². The summed E-state index contributed by atoms with van der Waals surface area (Å²) in [7, 11) is 0. The topological polar surface area (TPSA) is 25.2 Å². The van der Waals surface area contributed by atoms with Gasteiger partial charge >= 0.3 is 0 Å². The van der Waals surface area contributed by atoms with Crippen LogP contribution in [-0.4, -0.2) is 28.0 Å². The second kappa shape index (κ2) is 5.42.